The Balaban J connectivity index is 2.68. The highest BCUT2D eigenvalue weighted by atomic mass is 79.9. The first-order valence-corrected chi connectivity index (χ1v) is 8.96. The smallest absolute Gasteiger partial charge is 0.147 e. The number of hydrogen-bond donors (Lipinski definition) is 1. The van der Waals surface area contributed by atoms with Gasteiger partial charge in [-0.2, -0.15) is 0 Å². The highest BCUT2D eigenvalue weighted by molar-refractivity contribution is 9.10. The largest absolute Gasteiger partial charge is 0.493 e. The first kappa shape index (κ1) is 16.5. The second-order valence-electron chi connectivity index (χ2n) is 4.52. The molecule has 19 heavy (non-hydrogen) atoms. The molecule has 1 aromatic carbocycles. The third kappa shape index (κ3) is 5.93. The zero-order chi connectivity index (χ0) is 14.5. The normalized spacial score (nSPS) is 13.3. The van der Waals surface area contributed by atoms with E-state index in [0.717, 1.165) is 15.8 Å². The Morgan fingerprint density at radius 1 is 1.42 bits per heavy atom. The van der Waals surface area contributed by atoms with Crippen molar-refractivity contribution in [2.75, 3.05) is 25.7 Å². The molecule has 0 saturated carbocycles. The lowest BCUT2D eigenvalue weighted by Crippen LogP contribution is -2.14. The summed E-state index contributed by atoms with van der Waals surface area (Å²) in [6.45, 7) is 2.44. The maximum absolute atomic E-state index is 11.0. The Hall–Kier alpha value is -0.590. The first-order chi connectivity index (χ1) is 8.83. The Morgan fingerprint density at radius 3 is 2.68 bits per heavy atom. The van der Waals surface area contributed by atoms with Crippen LogP contribution in [0.5, 0.6) is 5.75 Å². The molecule has 0 heterocycles. The summed E-state index contributed by atoms with van der Waals surface area (Å²) in [4.78, 5) is 0. The molecule has 0 aliphatic rings. The zero-order valence-corrected chi connectivity index (χ0v) is 13.8. The van der Waals surface area contributed by atoms with Gasteiger partial charge in [-0.25, -0.2) is 8.42 Å². The van der Waals surface area contributed by atoms with Crippen LogP contribution in [0.15, 0.2) is 22.7 Å². The van der Waals surface area contributed by atoms with E-state index < -0.39 is 9.84 Å². The number of ether oxygens (including phenoxy) is 1. The molecule has 0 saturated heterocycles. The number of benzene rings is 1. The summed E-state index contributed by atoms with van der Waals surface area (Å²) in [5.41, 5.74) is 1.06. The fourth-order valence-electron chi connectivity index (χ4n) is 1.65. The summed E-state index contributed by atoms with van der Waals surface area (Å²) >= 11 is 3.41. The van der Waals surface area contributed by atoms with Gasteiger partial charge >= 0.3 is 0 Å². The number of halogens is 1. The quantitative estimate of drug-likeness (QED) is 0.768. The molecule has 0 bridgehead atoms. The van der Waals surface area contributed by atoms with Crippen molar-refractivity contribution in [3.8, 4) is 5.75 Å². The third-order valence-corrected chi connectivity index (χ3v) is 4.32. The predicted molar refractivity (Wildman–Crippen MR) is 81.4 cm³/mol. The minimum absolute atomic E-state index is 0.151. The van der Waals surface area contributed by atoms with Crippen molar-refractivity contribution in [1.29, 1.82) is 0 Å². The molecule has 4 nitrogen and oxygen atoms in total. The van der Waals surface area contributed by atoms with E-state index in [4.69, 9.17) is 4.74 Å². The van der Waals surface area contributed by atoms with E-state index in [1.54, 1.807) is 0 Å². The molecule has 0 spiro atoms. The van der Waals surface area contributed by atoms with E-state index in [0.29, 0.717) is 13.0 Å². The minimum Gasteiger partial charge on any atom is -0.493 e. The zero-order valence-electron chi connectivity index (χ0n) is 11.4. The molecule has 1 atom stereocenters. The van der Waals surface area contributed by atoms with Crippen molar-refractivity contribution in [2.45, 2.75) is 19.4 Å². The van der Waals surface area contributed by atoms with Crippen molar-refractivity contribution in [1.82, 2.24) is 5.32 Å². The maximum atomic E-state index is 11.0. The average Bonchev–Trinajstić information content (AvgIpc) is 2.33. The Labute approximate surface area is 123 Å². The van der Waals surface area contributed by atoms with Crippen LogP contribution in [-0.2, 0) is 9.84 Å². The van der Waals surface area contributed by atoms with E-state index in [1.807, 2.05) is 32.2 Å². The molecule has 0 amide bonds. The van der Waals surface area contributed by atoms with Crippen LogP contribution in [-0.4, -0.2) is 34.1 Å². The summed E-state index contributed by atoms with van der Waals surface area (Å²) in [5, 5.41) is 3.16. The maximum Gasteiger partial charge on any atom is 0.147 e. The molecule has 0 fully saturated rings. The van der Waals surface area contributed by atoms with E-state index in [2.05, 4.69) is 21.2 Å². The van der Waals surface area contributed by atoms with Gasteiger partial charge in [-0.3, -0.25) is 0 Å². The Morgan fingerprint density at radius 2 is 2.11 bits per heavy atom. The highest BCUT2D eigenvalue weighted by Crippen LogP contribution is 2.28. The van der Waals surface area contributed by atoms with E-state index in [1.165, 1.54) is 6.26 Å². The van der Waals surface area contributed by atoms with Gasteiger partial charge in [0.1, 0.15) is 15.6 Å². The molecule has 0 aliphatic heterocycles. The lowest BCUT2D eigenvalue weighted by atomic mass is 10.1. The van der Waals surface area contributed by atoms with Crippen LogP contribution in [0.2, 0.25) is 0 Å². The van der Waals surface area contributed by atoms with Gasteiger partial charge in [0.05, 0.1) is 12.4 Å². The number of sulfone groups is 1. The van der Waals surface area contributed by atoms with Gasteiger partial charge in [0.25, 0.3) is 0 Å². The van der Waals surface area contributed by atoms with Crippen molar-refractivity contribution in [3.63, 3.8) is 0 Å². The highest BCUT2D eigenvalue weighted by Gasteiger charge is 2.11. The van der Waals surface area contributed by atoms with Crippen molar-refractivity contribution < 1.29 is 13.2 Å². The third-order valence-electron chi connectivity index (χ3n) is 2.79. The second-order valence-corrected chi connectivity index (χ2v) is 7.70. The molecule has 108 valence electrons. The number of rotatable bonds is 7. The summed E-state index contributed by atoms with van der Waals surface area (Å²) in [7, 11) is -1.03. The standard InChI is InChI=1S/C13H20BrNO3S/c1-10(15-2)12-6-5-11(14)9-13(12)18-7-4-8-19(3,16)17/h5-6,9-10,15H,4,7-8H2,1-3H3. The molecular weight excluding hydrogens is 330 g/mol. The van der Waals surface area contributed by atoms with Crippen LogP contribution in [0.1, 0.15) is 24.9 Å². The summed E-state index contributed by atoms with van der Waals surface area (Å²) in [6.07, 6.45) is 1.74. The summed E-state index contributed by atoms with van der Waals surface area (Å²) in [5.74, 6) is 0.933. The topological polar surface area (TPSA) is 55.4 Å². The Bertz CT molecular complexity index is 517. The van der Waals surface area contributed by atoms with E-state index in [-0.39, 0.29) is 11.8 Å². The van der Waals surface area contributed by atoms with Crippen molar-refractivity contribution >= 4 is 25.8 Å². The van der Waals surface area contributed by atoms with Crippen LogP contribution in [0.25, 0.3) is 0 Å². The average molecular weight is 350 g/mol. The van der Waals surface area contributed by atoms with Gasteiger partial charge in [0.2, 0.25) is 0 Å². The van der Waals surface area contributed by atoms with E-state index >= 15 is 0 Å². The van der Waals surface area contributed by atoms with Gasteiger partial charge in [-0.1, -0.05) is 22.0 Å². The van der Waals surface area contributed by atoms with Gasteiger partial charge in [0, 0.05) is 22.3 Å². The lowest BCUT2D eigenvalue weighted by molar-refractivity contribution is 0.311. The summed E-state index contributed by atoms with van der Waals surface area (Å²) < 4.78 is 28.7. The first-order valence-electron chi connectivity index (χ1n) is 6.10. The Kier molecular flexibility index (Phi) is 6.29. The summed E-state index contributed by atoms with van der Waals surface area (Å²) in [6, 6.07) is 6.05. The van der Waals surface area contributed by atoms with Crippen LogP contribution in [0.3, 0.4) is 0 Å². The van der Waals surface area contributed by atoms with Gasteiger partial charge in [0.15, 0.2) is 0 Å². The number of hydrogen-bond acceptors (Lipinski definition) is 4. The van der Waals surface area contributed by atoms with Gasteiger partial charge in [-0.15, -0.1) is 0 Å². The number of nitrogens with one attached hydrogen (secondary N) is 1. The van der Waals surface area contributed by atoms with Gasteiger partial charge < -0.3 is 10.1 Å². The molecule has 6 heteroatoms. The molecule has 0 aliphatic carbocycles. The van der Waals surface area contributed by atoms with Crippen LogP contribution >= 0.6 is 15.9 Å². The minimum atomic E-state index is -2.92. The molecule has 0 aromatic heterocycles. The molecule has 1 rings (SSSR count). The fourth-order valence-corrected chi connectivity index (χ4v) is 2.63. The molecule has 1 unspecified atom stereocenters. The van der Waals surface area contributed by atoms with Crippen LogP contribution < -0.4 is 10.1 Å². The SMILES string of the molecule is CNC(C)c1ccc(Br)cc1OCCCS(C)(=O)=O. The van der Waals surface area contributed by atoms with Gasteiger partial charge in [-0.05, 0) is 32.5 Å². The molecule has 1 aromatic rings. The molecule has 0 radical (unpaired) electrons. The van der Waals surface area contributed by atoms with Crippen LogP contribution in [0.4, 0.5) is 0 Å². The molecular formula is C13H20BrNO3S. The van der Waals surface area contributed by atoms with E-state index in [9.17, 15) is 8.42 Å². The second kappa shape index (κ2) is 7.26. The van der Waals surface area contributed by atoms with Crippen LogP contribution in [0, 0.1) is 0 Å². The fraction of sp³-hybridized carbons (Fsp3) is 0.538. The molecule has 1 N–H and O–H groups in total. The predicted octanol–water partition coefficient (Wildman–Crippen LogP) is 2.54. The lowest BCUT2D eigenvalue weighted by Gasteiger charge is -2.16. The van der Waals surface area contributed by atoms with Crippen molar-refractivity contribution in [3.05, 3.63) is 28.2 Å². The monoisotopic (exact) mass is 349 g/mol. The van der Waals surface area contributed by atoms with Crippen molar-refractivity contribution in [2.24, 2.45) is 0 Å².